The standard InChI is InChI=1S/C31H32F3N5O2/c1-20-7-5-8-21(2)28(20)37-30(41)36-27(17-22-19-35-26-12-4-3-11-25(22)26)29(40)39-15-13-38(14-16-39)24-10-6-9-23(18-24)31(32,33)34/h3-12,18-19,27,35H,13-17H2,1-2H3,(H2,36,37,41). The minimum atomic E-state index is -4.42. The number of carbonyl (C=O) groups is 2. The Bertz CT molecular complexity index is 1540. The number of anilines is 2. The van der Waals surface area contributed by atoms with Crippen molar-refractivity contribution in [1.29, 1.82) is 0 Å². The Morgan fingerprint density at radius 1 is 0.927 bits per heavy atom. The van der Waals surface area contributed by atoms with E-state index in [1.54, 1.807) is 11.0 Å². The number of nitrogens with one attached hydrogen (secondary N) is 3. The van der Waals surface area contributed by atoms with E-state index in [1.807, 2.05) is 67.4 Å². The number of benzene rings is 3. The Morgan fingerprint density at radius 3 is 2.32 bits per heavy atom. The summed E-state index contributed by atoms with van der Waals surface area (Å²) in [6, 6.07) is 17.4. The first-order valence-corrected chi connectivity index (χ1v) is 13.5. The van der Waals surface area contributed by atoms with Crippen molar-refractivity contribution >= 4 is 34.2 Å². The zero-order valence-electron chi connectivity index (χ0n) is 22.9. The molecule has 4 aromatic rings. The van der Waals surface area contributed by atoms with E-state index >= 15 is 0 Å². The molecule has 3 aromatic carbocycles. The molecule has 3 amide bonds. The van der Waals surface area contributed by atoms with E-state index < -0.39 is 23.8 Å². The summed E-state index contributed by atoms with van der Waals surface area (Å²) in [5, 5.41) is 6.76. The number of hydrogen-bond acceptors (Lipinski definition) is 3. The number of aromatic nitrogens is 1. The van der Waals surface area contributed by atoms with Crippen molar-refractivity contribution in [3.8, 4) is 0 Å². The molecule has 1 aromatic heterocycles. The third-order valence-corrected chi connectivity index (χ3v) is 7.55. The van der Waals surface area contributed by atoms with Gasteiger partial charge in [0.2, 0.25) is 5.91 Å². The van der Waals surface area contributed by atoms with Crippen LogP contribution in [0.5, 0.6) is 0 Å². The Kier molecular flexibility index (Phi) is 7.92. The fourth-order valence-corrected chi connectivity index (χ4v) is 5.32. The van der Waals surface area contributed by atoms with Gasteiger partial charge in [-0.25, -0.2) is 4.79 Å². The average molecular weight is 564 g/mol. The predicted octanol–water partition coefficient (Wildman–Crippen LogP) is 5.89. The van der Waals surface area contributed by atoms with Crippen molar-refractivity contribution in [1.82, 2.24) is 15.2 Å². The maximum Gasteiger partial charge on any atom is 0.416 e. The molecule has 41 heavy (non-hydrogen) atoms. The molecule has 1 aliphatic rings. The Hall–Kier alpha value is -4.47. The molecular formula is C31H32F3N5O2. The largest absolute Gasteiger partial charge is 0.416 e. The summed E-state index contributed by atoms with van der Waals surface area (Å²) >= 11 is 0. The maximum absolute atomic E-state index is 13.8. The van der Waals surface area contributed by atoms with Gasteiger partial charge in [0.25, 0.3) is 0 Å². The number of fused-ring (bicyclic) bond motifs is 1. The molecule has 1 aliphatic heterocycles. The number of amides is 3. The van der Waals surface area contributed by atoms with E-state index in [0.717, 1.165) is 39.7 Å². The third kappa shape index (κ3) is 6.32. The third-order valence-electron chi connectivity index (χ3n) is 7.55. The lowest BCUT2D eigenvalue weighted by atomic mass is 10.0. The zero-order valence-corrected chi connectivity index (χ0v) is 22.9. The molecule has 214 valence electrons. The van der Waals surface area contributed by atoms with Gasteiger partial charge in [-0.2, -0.15) is 13.2 Å². The fraction of sp³-hybridized carbons (Fsp3) is 0.290. The minimum absolute atomic E-state index is 0.240. The van der Waals surface area contributed by atoms with Crippen LogP contribution in [-0.4, -0.2) is 54.0 Å². The first-order valence-electron chi connectivity index (χ1n) is 13.5. The number of piperazine rings is 1. The van der Waals surface area contributed by atoms with Crippen LogP contribution in [0.3, 0.4) is 0 Å². The van der Waals surface area contributed by atoms with E-state index in [1.165, 1.54) is 6.07 Å². The molecule has 0 radical (unpaired) electrons. The molecule has 1 fully saturated rings. The summed E-state index contributed by atoms with van der Waals surface area (Å²) in [5.41, 5.74) is 4.10. The topological polar surface area (TPSA) is 80.5 Å². The van der Waals surface area contributed by atoms with Gasteiger partial charge >= 0.3 is 12.2 Å². The van der Waals surface area contributed by atoms with Crippen LogP contribution in [-0.2, 0) is 17.4 Å². The highest BCUT2D eigenvalue weighted by Crippen LogP contribution is 2.32. The predicted molar refractivity (Wildman–Crippen MR) is 154 cm³/mol. The molecule has 0 aliphatic carbocycles. The molecule has 3 N–H and O–H groups in total. The Balaban J connectivity index is 1.32. The van der Waals surface area contributed by atoms with Crippen molar-refractivity contribution < 1.29 is 22.8 Å². The number of halogens is 3. The molecule has 5 rings (SSSR count). The van der Waals surface area contributed by atoms with Crippen molar-refractivity contribution in [3.63, 3.8) is 0 Å². The van der Waals surface area contributed by atoms with Crippen molar-refractivity contribution in [2.45, 2.75) is 32.5 Å². The molecule has 1 saturated heterocycles. The van der Waals surface area contributed by atoms with Gasteiger partial charge in [0.15, 0.2) is 0 Å². The van der Waals surface area contributed by atoms with Gasteiger partial charge in [0.1, 0.15) is 6.04 Å². The average Bonchev–Trinajstić information content (AvgIpc) is 3.37. The molecule has 10 heteroatoms. The number of aromatic amines is 1. The van der Waals surface area contributed by atoms with Crippen LogP contribution in [0.15, 0.2) is 72.9 Å². The summed E-state index contributed by atoms with van der Waals surface area (Å²) in [4.78, 5) is 33.7. The molecule has 7 nitrogen and oxygen atoms in total. The van der Waals surface area contributed by atoms with E-state index in [0.29, 0.717) is 37.6 Å². The normalized spacial score (nSPS) is 14.7. The van der Waals surface area contributed by atoms with Gasteiger partial charge in [-0.15, -0.1) is 0 Å². The molecule has 1 unspecified atom stereocenters. The highest BCUT2D eigenvalue weighted by molar-refractivity contribution is 5.95. The van der Waals surface area contributed by atoms with Crippen molar-refractivity contribution in [3.05, 3.63) is 95.2 Å². The van der Waals surface area contributed by atoms with Crippen LogP contribution < -0.4 is 15.5 Å². The highest BCUT2D eigenvalue weighted by Gasteiger charge is 2.32. The lowest BCUT2D eigenvalue weighted by Crippen LogP contribution is -2.56. The Morgan fingerprint density at radius 2 is 1.61 bits per heavy atom. The van der Waals surface area contributed by atoms with Gasteiger partial charge < -0.3 is 25.4 Å². The number of aryl methyl sites for hydroxylation is 2. The second kappa shape index (κ2) is 11.6. The number of hydrogen-bond donors (Lipinski definition) is 3. The van der Waals surface area contributed by atoms with Gasteiger partial charge in [0.05, 0.1) is 5.56 Å². The highest BCUT2D eigenvalue weighted by atomic mass is 19.4. The van der Waals surface area contributed by atoms with Crippen LogP contribution >= 0.6 is 0 Å². The van der Waals surface area contributed by atoms with Gasteiger partial charge in [-0.3, -0.25) is 4.79 Å². The molecule has 0 bridgehead atoms. The lowest BCUT2D eigenvalue weighted by molar-refractivity contribution is -0.137. The summed E-state index contributed by atoms with van der Waals surface area (Å²) in [7, 11) is 0. The fourth-order valence-electron chi connectivity index (χ4n) is 5.32. The Labute approximate surface area is 236 Å². The smallest absolute Gasteiger partial charge is 0.368 e. The molecule has 0 spiro atoms. The number of alkyl halides is 3. The second-order valence-corrected chi connectivity index (χ2v) is 10.3. The second-order valence-electron chi connectivity index (χ2n) is 10.3. The van der Waals surface area contributed by atoms with Crippen LogP contribution in [0.4, 0.5) is 29.3 Å². The molecular weight excluding hydrogens is 531 g/mol. The summed E-state index contributed by atoms with van der Waals surface area (Å²) in [6.07, 6.45) is -2.30. The van der Waals surface area contributed by atoms with Gasteiger partial charge in [0, 0.05) is 61.1 Å². The van der Waals surface area contributed by atoms with E-state index in [9.17, 15) is 22.8 Å². The van der Waals surface area contributed by atoms with E-state index in [2.05, 4.69) is 15.6 Å². The molecule has 1 atom stereocenters. The summed E-state index contributed by atoms with van der Waals surface area (Å²) in [6.45, 7) is 5.20. The number of nitrogens with zero attached hydrogens (tertiary/aromatic N) is 2. The van der Waals surface area contributed by atoms with E-state index in [-0.39, 0.29) is 12.3 Å². The number of H-pyrrole nitrogens is 1. The van der Waals surface area contributed by atoms with Gasteiger partial charge in [-0.05, 0) is 54.8 Å². The van der Waals surface area contributed by atoms with E-state index in [4.69, 9.17) is 0 Å². The number of para-hydroxylation sites is 2. The van der Waals surface area contributed by atoms with Crippen LogP contribution in [0, 0.1) is 13.8 Å². The van der Waals surface area contributed by atoms with Crippen molar-refractivity contribution in [2.75, 3.05) is 36.4 Å². The molecule has 2 heterocycles. The van der Waals surface area contributed by atoms with Gasteiger partial charge in [-0.1, -0.05) is 42.5 Å². The zero-order chi connectivity index (χ0) is 29.1. The summed E-state index contributed by atoms with van der Waals surface area (Å²) < 4.78 is 39.7. The first kappa shape index (κ1) is 28.1. The first-order chi connectivity index (χ1) is 19.6. The number of carbonyl (C=O) groups excluding carboxylic acids is 2. The number of urea groups is 1. The number of rotatable bonds is 6. The molecule has 0 saturated carbocycles. The summed E-state index contributed by atoms with van der Waals surface area (Å²) in [5.74, 6) is -0.240. The SMILES string of the molecule is Cc1cccc(C)c1NC(=O)NC(Cc1c[nH]c2ccccc12)C(=O)N1CCN(c2cccc(C(F)(F)F)c2)CC1. The quantitative estimate of drug-likeness (QED) is 0.274. The van der Waals surface area contributed by atoms with Crippen LogP contribution in [0.25, 0.3) is 10.9 Å². The minimum Gasteiger partial charge on any atom is -0.368 e. The monoisotopic (exact) mass is 563 g/mol. The maximum atomic E-state index is 13.8. The van der Waals surface area contributed by atoms with Crippen molar-refractivity contribution in [2.24, 2.45) is 0 Å². The van der Waals surface area contributed by atoms with Crippen LogP contribution in [0.1, 0.15) is 22.3 Å². The van der Waals surface area contributed by atoms with Crippen LogP contribution in [0.2, 0.25) is 0 Å². The lowest BCUT2D eigenvalue weighted by Gasteiger charge is -2.38.